The van der Waals surface area contributed by atoms with Crippen LogP contribution in [0.3, 0.4) is 0 Å². The van der Waals surface area contributed by atoms with Crippen LogP contribution in [0.4, 0.5) is 0 Å². The number of aliphatic hydroxyl groups is 1. The molecule has 4 atom stereocenters. The van der Waals surface area contributed by atoms with Gasteiger partial charge in [-0.15, -0.1) is 0 Å². The summed E-state index contributed by atoms with van der Waals surface area (Å²) in [5.74, 6) is 2.29. The smallest absolute Gasteiger partial charge is 0.161 e. The average molecular weight is 402 g/mol. The zero-order valence-corrected chi connectivity index (χ0v) is 17.0. The van der Waals surface area contributed by atoms with Crippen LogP contribution in [-0.2, 0) is 9.47 Å². The van der Waals surface area contributed by atoms with Crippen LogP contribution in [0.2, 0.25) is 0 Å². The van der Waals surface area contributed by atoms with Crippen molar-refractivity contribution in [1.82, 2.24) is 0 Å². The lowest BCUT2D eigenvalue weighted by Gasteiger charge is -2.27. The fraction of sp³-hybridized carbons (Fsp3) is 0.455. The Labute approximate surface area is 170 Å². The summed E-state index contributed by atoms with van der Waals surface area (Å²) in [5.41, 5.74) is 0.599. The second-order valence-electron chi connectivity index (χ2n) is 7.27. The topological polar surface area (TPSA) is 75.6 Å². The minimum absolute atomic E-state index is 0.176. The molecule has 0 spiro atoms. The third-order valence-electron chi connectivity index (χ3n) is 5.84. The van der Waals surface area contributed by atoms with Crippen molar-refractivity contribution in [3.05, 3.63) is 47.5 Å². The van der Waals surface area contributed by atoms with E-state index < -0.39 is 11.7 Å². The minimum atomic E-state index is -1.14. The van der Waals surface area contributed by atoms with Crippen LogP contribution in [0.5, 0.6) is 23.0 Å². The first-order valence-electron chi connectivity index (χ1n) is 9.45. The lowest BCUT2D eigenvalue weighted by molar-refractivity contribution is -0.0628. The molecule has 0 unspecified atom stereocenters. The molecule has 2 saturated heterocycles. The van der Waals surface area contributed by atoms with E-state index in [1.165, 1.54) is 0 Å². The highest BCUT2D eigenvalue weighted by Gasteiger charge is 2.59. The number of benzene rings is 2. The maximum absolute atomic E-state index is 11.5. The second kappa shape index (κ2) is 7.74. The fourth-order valence-electron chi connectivity index (χ4n) is 4.31. The van der Waals surface area contributed by atoms with Gasteiger partial charge in [-0.2, -0.15) is 0 Å². The minimum Gasteiger partial charge on any atom is -0.493 e. The predicted octanol–water partition coefficient (Wildman–Crippen LogP) is 2.91. The number of methoxy groups -OCH3 is 4. The first-order chi connectivity index (χ1) is 14.0. The molecule has 156 valence electrons. The molecule has 2 aromatic rings. The third-order valence-corrected chi connectivity index (χ3v) is 5.84. The zero-order valence-electron chi connectivity index (χ0n) is 17.0. The number of hydrogen-bond acceptors (Lipinski definition) is 7. The van der Waals surface area contributed by atoms with Gasteiger partial charge in [0.25, 0.3) is 0 Å². The summed E-state index contributed by atoms with van der Waals surface area (Å²) >= 11 is 0. The van der Waals surface area contributed by atoms with Gasteiger partial charge in [-0.25, -0.2) is 0 Å². The van der Waals surface area contributed by atoms with Gasteiger partial charge in [0.1, 0.15) is 11.7 Å². The van der Waals surface area contributed by atoms with E-state index in [-0.39, 0.29) is 18.6 Å². The van der Waals surface area contributed by atoms with Crippen LogP contribution in [-0.4, -0.2) is 52.4 Å². The van der Waals surface area contributed by atoms with Crippen molar-refractivity contribution in [2.24, 2.45) is 5.92 Å². The Morgan fingerprint density at radius 2 is 1.34 bits per heavy atom. The number of rotatable bonds is 6. The van der Waals surface area contributed by atoms with Gasteiger partial charge < -0.3 is 33.5 Å². The van der Waals surface area contributed by atoms with E-state index in [1.54, 1.807) is 28.4 Å². The molecule has 2 aromatic carbocycles. The van der Waals surface area contributed by atoms with Gasteiger partial charge in [-0.05, 0) is 35.4 Å². The van der Waals surface area contributed by atoms with Gasteiger partial charge >= 0.3 is 0 Å². The molecular formula is C22H26O7. The lowest BCUT2D eigenvalue weighted by atomic mass is 9.81. The summed E-state index contributed by atoms with van der Waals surface area (Å²) in [6.07, 6.45) is -0.817. The van der Waals surface area contributed by atoms with Crippen LogP contribution in [0.25, 0.3) is 0 Å². The Bertz CT molecular complexity index is 883. The first-order valence-corrected chi connectivity index (χ1v) is 9.45. The molecule has 0 radical (unpaired) electrons. The van der Waals surface area contributed by atoms with E-state index in [4.69, 9.17) is 28.4 Å². The van der Waals surface area contributed by atoms with E-state index in [1.807, 2.05) is 36.4 Å². The Morgan fingerprint density at radius 3 is 1.93 bits per heavy atom. The molecule has 2 aliphatic rings. The van der Waals surface area contributed by atoms with Gasteiger partial charge in [0.2, 0.25) is 0 Å². The molecule has 0 bridgehead atoms. The molecule has 0 saturated carbocycles. The molecule has 0 aromatic heterocycles. The highest BCUT2D eigenvalue weighted by molar-refractivity contribution is 5.46. The summed E-state index contributed by atoms with van der Waals surface area (Å²) in [5, 5.41) is 11.5. The van der Waals surface area contributed by atoms with E-state index in [0.717, 1.165) is 11.1 Å². The van der Waals surface area contributed by atoms with E-state index in [9.17, 15) is 5.11 Å². The van der Waals surface area contributed by atoms with E-state index >= 15 is 0 Å². The number of fused-ring (bicyclic) bond motifs is 1. The normalized spacial score (nSPS) is 28.1. The van der Waals surface area contributed by atoms with Crippen molar-refractivity contribution >= 4 is 0 Å². The molecule has 7 heteroatoms. The molecular weight excluding hydrogens is 376 g/mol. The van der Waals surface area contributed by atoms with E-state index in [2.05, 4.69) is 0 Å². The van der Waals surface area contributed by atoms with Gasteiger partial charge in [0.15, 0.2) is 23.0 Å². The summed E-state index contributed by atoms with van der Waals surface area (Å²) in [6, 6.07) is 11.2. The van der Waals surface area contributed by atoms with Crippen molar-refractivity contribution in [2.75, 3.05) is 41.7 Å². The zero-order chi connectivity index (χ0) is 20.6. The average Bonchev–Trinajstić information content (AvgIpc) is 3.27. The van der Waals surface area contributed by atoms with Crippen molar-refractivity contribution in [2.45, 2.75) is 17.8 Å². The maximum Gasteiger partial charge on any atom is 0.161 e. The molecule has 2 heterocycles. The predicted molar refractivity (Wildman–Crippen MR) is 105 cm³/mol. The van der Waals surface area contributed by atoms with Crippen LogP contribution in [0.1, 0.15) is 23.3 Å². The van der Waals surface area contributed by atoms with Gasteiger partial charge in [0, 0.05) is 5.92 Å². The van der Waals surface area contributed by atoms with Crippen LogP contribution < -0.4 is 18.9 Å². The summed E-state index contributed by atoms with van der Waals surface area (Å²) in [4.78, 5) is 0. The molecule has 4 rings (SSSR count). The van der Waals surface area contributed by atoms with Crippen molar-refractivity contribution < 1.29 is 33.5 Å². The second-order valence-corrected chi connectivity index (χ2v) is 7.27. The van der Waals surface area contributed by atoms with E-state index in [0.29, 0.717) is 29.6 Å². The maximum atomic E-state index is 11.5. The first kappa shape index (κ1) is 19.8. The fourth-order valence-corrected chi connectivity index (χ4v) is 4.31. The Morgan fingerprint density at radius 1 is 0.793 bits per heavy atom. The summed E-state index contributed by atoms with van der Waals surface area (Å²) in [6.45, 7) is 0.560. The van der Waals surface area contributed by atoms with Crippen molar-refractivity contribution in [3.63, 3.8) is 0 Å². The molecule has 1 N–H and O–H groups in total. The van der Waals surface area contributed by atoms with Crippen LogP contribution in [0.15, 0.2) is 36.4 Å². The standard InChI is InChI=1S/C22H26O7/c1-24-16-7-5-13(9-18(16)26-3)20-15-11-28-21(22(15,23)12-29-20)14-6-8-17(25-2)19(10-14)27-4/h5-10,15,20-21,23H,11-12H2,1-4H3/t15-,20+,21+,22-/m0/s1. The van der Waals surface area contributed by atoms with Crippen molar-refractivity contribution in [3.8, 4) is 23.0 Å². The molecule has 2 fully saturated rings. The molecule has 7 nitrogen and oxygen atoms in total. The molecule has 0 aliphatic carbocycles. The number of ether oxygens (including phenoxy) is 6. The highest BCUT2D eigenvalue weighted by Crippen LogP contribution is 2.54. The highest BCUT2D eigenvalue weighted by atomic mass is 16.6. The lowest BCUT2D eigenvalue weighted by Crippen LogP contribution is -2.39. The van der Waals surface area contributed by atoms with Crippen LogP contribution >= 0.6 is 0 Å². The summed E-state index contributed by atoms with van der Waals surface area (Å²) < 4.78 is 33.5. The molecule has 2 aliphatic heterocycles. The van der Waals surface area contributed by atoms with Gasteiger partial charge in [-0.1, -0.05) is 12.1 Å². The SMILES string of the molecule is COc1ccc([C@H]2OC[C@@]3(O)[C@@H](c4ccc(OC)c(OC)c4)OC[C@@H]23)cc1OC. The molecule has 29 heavy (non-hydrogen) atoms. The Balaban J connectivity index is 1.63. The Hall–Kier alpha value is -2.48. The van der Waals surface area contributed by atoms with Gasteiger partial charge in [0.05, 0.1) is 47.8 Å². The largest absolute Gasteiger partial charge is 0.493 e. The Kier molecular flexibility index (Phi) is 5.29. The van der Waals surface area contributed by atoms with Gasteiger partial charge in [-0.3, -0.25) is 0 Å². The monoisotopic (exact) mass is 402 g/mol. The third kappa shape index (κ3) is 3.19. The number of hydrogen-bond donors (Lipinski definition) is 1. The summed E-state index contributed by atoms with van der Waals surface area (Å²) in [7, 11) is 6.37. The van der Waals surface area contributed by atoms with Crippen molar-refractivity contribution in [1.29, 1.82) is 0 Å². The van der Waals surface area contributed by atoms with Crippen LogP contribution in [0, 0.1) is 5.92 Å². The quantitative estimate of drug-likeness (QED) is 0.796. The molecule has 0 amide bonds.